The highest BCUT2D eigenvalue weighted by molar-refractivity contribution is 5.87. The fourth-order valence-electron chi connectivity index (χ4n) is 6.55. The Morgan fingerprint density at radius 3 is 1.91 bits per heavy atom. The highest BCUT2D eigenvalue weighted by atomic mass is 16.5. The third kappa shape index (κ3) is 9.38. The lowest BCUT2D eigenvalue weighted by Gasteiger charge is -2.30. The summed E-state index contributed by atoms with van der Waals surface area (Å²) in [6.07, 6.45) is 4.57. The van der Waals surface area contributed by atoms with E-state index in [9.17, 15) is 24.3 Å². The van der Waals surface area contributed by atoms with Crippen LogP contribution in [0.2, 0.25) is 0 Å². The molecule has 0 bridgehead atoms. The first-order valence-corrected chi connectivity index (χ1v) is 17.6. The number of aromatic nitrogens is 4. The van der Waals surface area contributed by atoms with Gasteiger partial charge in [-0.05, 0) is 84.8 Å². The third-order valence-corrected chi connectivity index (χ3v) is 9.28. The molecular weight excluding hydrogens is 676 g/mol. The summed E-state index contributed by atoms with van der Waals surface area (Å²) in [4.78, 5) is 68.7. The second-order valence-electron chi connectivity index (χ2n) is 13.6. The molecule has 0 radical (unpaired) electrons. The van der Waals surface area contributed by atoms with Crippen LogP contribution >= 0.6 is 0 Å². The molecule has 4 amide bonds. The molecule has 53 heavy (non-hydrogen) atoms. The molecule has 4 heterocycles. The van der Waals surface area contributed by atoms with Gasteiger partial charge in [0.25, 0.3) is 0 Å². The van der Waals surface area contributed by atoms with Crippen LogP contribution in [0, 0.1) is 47.4 Å². The van der Waals surface area contributed by atoms with E-state index < -0.39 is 24.3 Å². The number of hydrogen-bond donors (Lipinski definition) is 5. The van der Waals surface area contributed by atoms with Gasteiger partial charge in [-0.3, -0.25) is 9.59 Å². The SMILES string of the molecule is COC(=O)N[C@@H](C(=O)N1CCC[C@@H]1c1ncc(-c2ccc(C#CC#CC#Cc3cnc([C@H]4CCCN4C(=O)[C@H](NC(=O)O)C(C)C)[nH]3)cc2)[nH]1)C(C)C. The number of carbonyl (C=O) groups is 4. The molecule has 4 atom stereocenters. The van der Waals surface area contributed by atoms with Crippen molar-refractivity contribution in [2.24, 2.45) is 11.8 Å². The van der Waals surface area contributed by atoms with Crippen LogP contribution in [0.1, 0.15) is 88.4 Å². The summed E-state index contributed by atoms with van der Waals surface area (Å²) in [5.41, 5.74) is 3.04. The van der Waals surface area contributed by atoms with Crippen LogP contribution in [0.4, 0.5) is 9.59 Å². The highest BCUT2D eigenvalue weighted by Gasteiger charge is 2.38. The van der Waals surface area contributed by atoms with Gasteiger partial charge in [0.05, 0.1) is 37.3 Å². The molecule has 5 rings (SSSR count). The molecule has 3 aromatic rings. The van der Waals surface area contributed by atoms with Crippen molar-refractivity contribution in [3.8, 4) is 46.8 Å². The van der Waals surface area contributed by atoms with Crippen molar-refractivity contribution >= 4 is 24.0 Å². The number of benzene rings is 1. The number of nitrogens with zero attached hydrogens (tertiary/aromatic N) is 4. The van der Waals surface area contributed by atoms with E-state index >= 15 is 0 Å². The molecule has 2 aliphatic heterocycles. The molecular formula is C39H44N8O6. The van der Waals surface area contributed by atoms with Crippen LogP contribution in [-0.2, 0) is 14.3 Å². The van der Waals surface area contributed by atoms with Gasteiger partial charge in [0, 0.05) is 18.7 Å². The summed E-state index contributed by atoms with van der Waals surface area (Å²) in [5, 5.41) is 14.2. The number of ether oxygens (including phenoxy) is 1. The van der Waals surface area contributed by atoms with E-state index in [-0.39, 0.29) is 35.7 Å². The topological polar surface area (TPSA) is 186 Å². The fraction of sp³-hybridized carbons (Fsp3) is 0.436. The zero-order valence-electron chi connectivity index (χ0n) is 30.4. The van der Waals surface area contributed by atoms with Gasteiger partial charge in [-0.1, -0.05) is 45.7 Å². The van der Waals surface area contributed by atoms with Crippen molar-refractivity contribution < 1.29 is 29.0 Å². The largest absolute Gasteiger partial charge is 0.465 e. The van der Waals surface area contributed by atoms with Crippen LogP contribution in [0.5, 0.6) is 0 Å². The van der Waals surface area contributed by atoms with Crippen molar-refractivity contribution in [1.82, 2.24) is 40.4 Å². The fourth-order valence-corrected chi connectivity index (χ4v) is 6.55. The first-order valence-electron chi connectivity index (χ1n) is 17.6. The normalized spacial score (nSPS) is 17.5. The first kappa shape index (κ1) is 38.0. The zero-order chi connectivity index (χ0) is 38.1. The number of carbonyl (C=O) groups excluding carboxylic acids is 3. The van der Waals surface area contributed by atoms with Crippen LogP contribution < -0.4 is 10.6 Å². The highest BCUT2D eigenvalue weighted by Crippen LogP contribution is 2.33. The Balaban J connectivity index is 1.17. The maximum Gasteiger partial charge on any atom is 0.407 e. The van der Waals surface area contributed by atoms with E-state index in [1.165, 1.54) is 7.11 Å². The average Bonchev–Trinajstić information content (AvgIpc) is 3.97. The summed E-state index contributed by atoms with van der Waals surface area (Å²) in [7, 11) is 1.28. The molecule has 14 heteroatoms. The van der Waals surface area contributed by atoms with Gasteiger partial charge in [0.1, 0.15) is 29.4 Å². The lowest BCUT2D eigenvalue weighted by Crippen LogP contribution is -2.51. The zero-order valence-corrected chi connectivity index (χ0v) is 30.4. The average molecular weight is 721 g/mol. The number of imidazole rings is 2. The number of aromatic amines is 2. The summed E-state index contributed by atoms with van der Waals surface area (Å²) in [6.45, 7) is 8.48. The Kier molecular flexibility index (Phi) is 12.4. The van der Waals surface area contributed by atoms with Gasteiger partial charge in [-0.25, -0.2) is 19.6 Å². The number of carboxylic acid groups (broad SMARTS) is 1. The number of nitrogens with one attached hydrogen (secondary N) is 4. The molecule has 2 aliphatic rings. The molecule has 2 saturated heterocycles. The monoisotopic (exact) mass is 720 g/mol. The molecule has 1 aromatic carbocycles. The van der Waals surface area contributed by atoms with Gasteiger partial charge in [-0.15, -0.1) is 0 Å². The van der Waals surface area contributed by atoms with E-state index in [4.69, 9.17) is 4.74 Å². The van der Waals surface area contributed by atoms with Gasteiger partial charge in [-0.2, -0.15) is 0 Å². The second kappa shape index (κ2) is 17.3. The maximum atomic E-state index is 13.4. The quantitative estimate of drug-likeness (QED) is 0.204. The predicted octanol–water partition coefficient (Wildman–Crippen LogP) is 4.21. The standard InChI is InChI=1S/C39H44N8O6/c1-24(2)32(44-38(50)51)36(48)46-20-10-14-30(46)34-40-22-28(42-34)13-9-7-6-8-12-26-16-18-27(19-17-26)29-23-41-35(43-29)31-15-11-21-47(31)37(49)33(25(3)4)45-39(52)53-5/h16-19,22-25,30-33,44H,10-11,14-15,20-21H2,1-5H3,(H,40,42)(H,41,43)(H,45,52)(H,50,51)/t30-,31-,32-,33-/m1/s1. The third-order valence-electron chi connectivity index (χ3n) is 9.28. The Hall–Kier alpha value is -6.20. The number of rotatable bonds is 9. The minimum atomic E-state index is -1.23. The maximum absolute atomic E-state index is 13.4. The minimum Gasteiger partial charge on any atom is -0.465 e. The Bertz CT molecular complexity index is 2000. The van der Waals surface area contributed by atoms with Crippen LogP contribution in [0.3, 0.4) is 0 Å². The molecule has 276 valence electrons. The lowest BCUT2D eigenvalue weighted by molar-refractivity contribution is -0.136. The van der Waals surface area contributed by atoms with Crippen LogP contribution in [0.25, 0.3) is 11.3 Å². The molecule has 0 aliphatic carbocycles. The molecule has 2 aromatic heterocycles. The Morgan fingerprint density at radius 2 is 1.34 bits per heavy atom. The van der Waals surface area contributed by atoms with Gasteiger partial charge >= 0.3 is 12.2 Å². The number of alkyl carbamates (subject to hydrolysis) is 1. The molecule has 0 spiro atoms. The summed E-state index contributed by atoms with van der Waals surface area (Å²) >= 11 is 0. The summed E-state index contributed by atoms with van der Waals surface area (Å²) in [5.74, 6) is 17.5. The van der Waals surface area contributed by atoms with Crippen LogP contribution in [-0.4, -0.2) is 91.1 Å². The van der Waals surface area contributed by atoms with Crippen molar-refractivity contribution in [3.63, 3.8) is 0 Å². The van der Waals surface area contributed by atoms with Gasteiger partial charge in [0.15, 0.2) is 0 Å². The van der Waals surface area contributed by atoms with Crippen molar-refractivity contribution in [3.05, 3.63) is 59.6 Å². The summed E-state index contributed by atoms with van der Waals surface area (Å²) < 4.78 is 4.72. The van der Waals surface area contributed by atoms with Gasteiger partial charge in [0.2, 0.25) is 11.8 Å². The van der Waals surface area contributed by atoms with E-state index in [0.717, 1.165) is 36.1 Å². The van der Waals surface area contributed by atoms with E-state index in [1.54, 1.807) is 36.0 Å². The smallest absolute Gasteiger partial charge is 0.407 e. The van der Waals surface area contributed by atoms with Crippen molar-refractivity contribution in [2.75, 3.05) is 20.2 Å². The van der Waals surface area contributed by atoms with E-state index in [2.05, 4.69) is 66.1 Å². The van der Waals surface area contributed by atoms with Crippen molar-refractivity contribution in [1.29, 1.82) is 0 Å². The molecule has 5 N–H and O–H groups in total. The Labute approximate surface area is 308 Å². The number of amides is 4. The minimum absolute atomic E-state index is 0.114. The van der Waals surface area contributed by atoms with Gasteiger partial charge < -0.3 is 40.2 Å². The molecule has 2 fully saturated rings. The number of likely N-dealkylation sites (tertiary alicyclic amines) is 2. The van der Waals surface area contributed by atoms with Crippen LogP contribution in [0.15, 0.2) is 36.7 Å². The number of methoxy groups -OCH3 is 1. The van der Waals surface area contributed by atoms with Crippen molar-refractivity contribution in [2.45, 2.75) is 77.5 Å². The van der Waals surface area contributed by atoms with E-state index in [0.29, 0.717) is 36.9 Å². The molecule has 14 nitrogen and oxygen atoms in total. The summed E-state index contributed by atoms with van der Waals surface area (Å²) in [6, 6.07) is 5.59. The molecule has 0 unspecified atom stereocenters. The lowest BCUT2D eigenvalue weighted by atomic mass is 10.0. The number of hydrogen-bond acceptors (Lipinski definition) is 7. The van der Waals surface area contributed by atoms with E-state index in [1.807, 2.05) is 38.1 Å². The second-order valence-corrected chi connectivity index (χ2v) is 13.6. The number of H-pyrrole nitrogens is 2. The first-order chi connectivity index (χ1) is 25.5. The Morgan fingerprint density at radius 1 is 0.792 bits per heavy atom. The predicted molar refractivity (Wildman–Crippen MR) is 195 cm³/mol. The molecule has 0 saturated carbocycles.